The highest BCUT2D eigenvalue weighted by Crippen LogP contribution is 2.29. The van der Waals surface area contributed by atoms with E-state index in [0.717, 1.165) is 5.69 Å². The van der Waals surface area contributed by atoms with Crippen LogP contribution in [0.15, 0.2) is 29.1 Å². The summed E-state index contributed by atoms with van der Waals surface area (Å²) in [6, 6.07) is 5.14. The molecule has 0 atom stereocenters. The SMILES string of the molecule is COc1cc(C(=O)NC(C)(C)C)ccc1OCc1cscn1. The van der Waals surface area contributed by atoms with Crippen LogP contribution in [0.1, 0.15) is 36.8 Å². The Labute approximate surface area is 134 Å². The fourth-order valence-electron chi connectivity index (χ4n) is 1.80. The summed E-state index contributed by atoms with van der Waals surface area (Å²) in [4.78, 5) is 16.3. The van der Waals surface area contributed by atoms with Crippen molar-refractivity contribution in [3.05, 3.63) is 40.3 Å². The van der Waals surface area contributed by atoms with Crippen molar-refractivity contribution in [3.63, 3.8) is 0 Å². The van der Waals surface area contributed by atoms with Gasteiger partial charge in [0.05, 0.1) is 18.3 Å². The van der Waals surface area contributed by atoms with Crippen LogP contribution in [0.4, 0.5) is 0 Å². The Kier molecular flexibility index (Phi) is 5.03. The third-order valence-electron chi connectivity index (χ3n) is 2.77. The maximum atomic E-state index is 12.2. The number of rotatable bonds is 5. The highest BCUT2D eigenvalue weighted by atomic mass is 32.1. The first kappa shape index (κ1) is 16.3. The molecule has 0 aliphatic heterocycles. The lowest BCUT2D eigenvalue weighted by Gasteiger charge is -2.21. The molecule has 0 aliphatic carbocycles. The molecule has 0 fully saturated rings. The molecule has 1 N–H and O–H groups in total. The molecular formula is C16H20N2O3S. The van der Waals surface area contributed by atoms with Crippen molar-refractivity contribution in [2.75, 3.05) is 7.11 Å². The number of carbonyl (C=O) groups excluding carboxylic acids is 1. The number of benzene rings is 1. The van der Waals surface area contributed by atoms with Crippen LogP contribution < -0.4 is 14.8 Å². The Balaban J connectivity index is 2.11. The van der Waals surface area contributed by atoms with Gasteiger partial charge >= 0.3 is 0 Å². The molecule has 2 aromatic rings. The highest BCUT2D eigenvalue weighted by molar-refractivity contribution is 7.07. The first-order valence-corrected chi connectivity index (χ1v) is 7.84. The summed E-state index contributed by atoms with van der Waals surface area (Å²) in [5, 5.41) is 4.84. The van der Waals surface area contributed by atoms with Crippen LogP contribution in [0.2, 0.25) is 0 Å². The normalized spacial score (nSPS) is 11.1. The van der Waals surface area contributed by atoms with E-state index < -0.39 is 0 Å². The fraction of sp³-hybridized carbons (Fsp3) is 0.375. The van der Waals surface area contributed by atoms with E-state index in [2.05, 4.69) is 10.3 Å². The molecule has 2 rings (SSSR count). The predicted molar refractivity (Wildman–Crippen MR) is 86.7 cm³/mol. The summed E-state index contributed by atoms with van der Waals surface area (Å²) in [5.41, 5.74) is 2.87. The van der Waals surface area contributed by atoms with E-state index in [9.17, 15) is 4.79 Å². The molecule has 118 valence electrons. The van der Waals surface area contributed by atoms with E-state index in [-0.39, 0.29) is 11.4 Å². The molecule has 0 unspecified atom stereocenters. The number of hydrogen-bond acceptors (Lipinski definition) is 5. The molecule has 0 aliphatic rings. The van der Waals surface area contributed by atoms with Gasteiger partial charge in [0.15, 0.2) is 11.5 Å². The molecule has 0 bridgehead atoms. The molecule has 1 aromatic carbocycles. The monoisotopic (exact) mass is 320 g/mol. The Morgan fingerprint density at radius 3 is 2.68 bits per heavy atom. The molecule has 0 saturated carbocycles. The van der Waals surface area contributed by atoms with Gasteiger partial charge < -0.3 is 14.8 Å². The lowest BCUT2D eigenvalue weighted by atomic mass is 10.1. The lowest BCUT2D eigenvalue weighted by Crippen LogP contribution is -2.40. The van der Waals surface area contributed by atoms with Gasteiger partial charge in [0, 0.05) is 16.5 Å². The van der Waals surface area contributed by atoms with Crippen LogP contribution in [0.3, 0.4) is 0 Å². The number of amides is 1. The Morgan fingerprint density at radius 1 is 1.32 bits per heavy atom. The summed E-state index contributed by atoms with van der Waals surface area (Å²) >= 11 is 1.52. The topological polar surface area (TPSA) is 60.5 Å². The molecule has 0 spiro atoms. The number of aromatic nitrogens is 1. The third kappa shape index (κ3) is 4.46. The van der Waals surface area contributed by atoms with Gasteiger partial charge in [-0.15, -0.1) is 11.3 Å². The van der Waals surface area contributed by atoms with Crippen molar-refractivity contribution in [2.45, 2.75) is 32.9 Å². The van der Waals surface area contributed by atoms with E-state index in [1.807, 2.05) is 26.2 Å². The first-order valence-electron chi connectivity index (χ1n) is 6.89. The van der Waals surface area contributed by atoms with Crippen LogP contribution in [0.5, 0.6) is 11.5 Å². The van der Waals surface area contributed by atoms with Gasteiger partial charge in [0.25, 0.3) is 5.91 Å². The van der Waals surface area contributed by atoms with Gasteiger partial charge in [-0.3, -0.25) is 4.79 Å². The average molecular weight is 320 g/mol. The molecule has 1 heterocycles. The third-order valence-corrected chi connectivity index (χ3v) is 3.41. The quantitative estimate of drug-likeness (QED) is 0.918. The van der Waals surface area contributed by atoms with Gasteiger partial charge in [-0.1, -0.05) is 0 Å². The summed E-state index contributed by atoms with van der Waals surface area (Å²) in [6.45, 7) is 6.18. The largest absolute Gasteiger partial charge is 0.493 e. The molecular weight excluding hydrogens is 300 g/mol. The second-order valence-electron chi connectivity index (χ2n) is 5.84. The first-order chi connectivity index (χ1) is 10.4. The number of methoxy groups -OCH3 is 1. The minimum Gasteiger partial charge on any atom is -0.493 e. The van der Waals surface area contributed by atoms with Crippen molar-refractivity contribution >= 4 is 17.2 Å². The van der Waals surface area contributed by atoms with E-state index >= 15 is 0 Å². The molecule has 22 heavy (non-hydrogen) atoms. The van der Waals surface area contributed by atoms with Gasteiger partial charge in [0.1, 0.15) is 6.61 Å². The van der Waals surface area contributed by atoms with Crippen molar-refractivity contribution in [1.29, 1.82) is 0 Å². The van der Waals surface area contributed by atoms with Crippen LogP contribution in [-0.4, -0.2) is 23.5 Å². The number of carbonyl (C=O) groups is 1. The zero-order chi connectivity index (χ0) is 16.2. The van der Waals surface area contributed by atoms with E-state index in [1.54, 1.807) is 30.8 Å². The van der Waals surface area contributed by atoms with E-state index in [1.165, 1.54) is 11.3 Å². The van der Waals surface area contributed by atoms with Gasteiger partial charge in [0.2, 0.25) is 0 Å². The molecule has 0 saturated heterocycles. The van der Waals surface area contributed by atoms with Crippen molar-refractivity contribution in [1.82, 2.24) is 10.3 Å². The second-order valence-corrected chi connectivity index (χ2v) is 6.56. The molecule has 1 amide bonds. The van der Waals surface area contributed by atoms with Crippen LogP contribution >= 0.6 is 11.3 Å². The molecule has 5 nitrogen and oxygen atoms in total. The van der Waals surface area contributed by atoms with E-state index in [0.29, 0.717) is 23.7 Å². The number of nitrogens with one attached hydrogen (secondary N) is 1. The lowest BCUT2D eigenvalue weighted by molar-refractivity contribution is 0.0919. The van der Waals surface area contributed by atoms with Crippen LogP contribution in [0, 0.1) is 0 Å². The maximum absolute atomic E-state index is 12.2. The zero-order valence-electron chi connectivity index (χ0n) is 13.2. The molecule has 1 aromatic heterocycles. The smallest absolute Gasteiger partial charge is 0.251 e. The standard InChI is InChI=1S/C16H20N2O3S/c1-16(2,3)18-15(19)11-5-6-13(14(7-11)20-4)21-8-12-9-22-10-17-12/h5-7,9-10H,8H2,1-4H3,(H,18,19). The zero-order valence-corrected chi connectivity index (χ0v) is 14.0. The van der Waals surface area contributed by atoms with Crippen molar-refractivity contribution in [2.24, 2.45) is 0 Å². The summed E-state index contributed by atoms with van der Waals surface area (Å²) in [7, 11) is 1.55. The van der Waals surface area contributed by atoms with Crippen molar-refractivity contribution < 1.29 is 14.3 Å². The fourth-order valence-corrected chi connectivity index (χ4v) is 2.34. The number of ether oxygens (including phenoxy) is 2. The van der Waals surface area contributed by atoms with Gasteiger partial charge in [-0.2, -0.15) is 0 Å². The van der Waals surface area contributed by atoms with Gasteiger partial charge in [-0.05, 0) is 39.0 Å². The minimum absolute atomic E-state index is 0.142. The molecule has 6 heteroatoms. The summed E-state index contributed by atoms with van der Waals surface area (Å²) in [5.74, 6) is 0.969. The Morgan fingerprint density at radius 2 is 2.09 bits per heavy atom. The number of hydrogen-bond donors (Lipinski definition) is 1. The summed E-state index contributed by atoms with van der Waals surface area (Å²) < 4.78 is 11.0. The Hall–Kier alpha value is -2.08. The number of nitrogens with zero attached hydrogens (tertiary/aromatic N) is 1. The van der Waals surface area contributed by atoms with Crippen molar-refractivity contribution in [3.8, 4) is 11.5 Å². The van der Waals surface area contributed by atoms with Crippen LogP contribution in [-0.2, 0) is 6.61 Å². The number of thiazole rings is 1. The molecule has 0 radical (unpaired) electrons. The maximum Gasteiger partial charge on any atom is 0.251 e. The second kappa shape index (κ2) is 6.79. The van der Waals surface area contributed by atoms with Crippen LogP contribution in [0.25, 0.3) is 0 Å². The average Bonchev–Trinajstić information content (AvgIpc) is 2.96. The predicted octanol–water partition coefficient (Wildman–Crippen LogP) is 3.26. The minimum atomic E-state index is -0.288. The van der Waals surface area contributed by atoms with E-state index in [4.69, 9.17) is 9.47 Å². The highest BCUT2D eigenvalue weighted by Gasteiger charge is 2.17. The summed E-state index contributed by atoms with van der Waals surface area (Å²) in [6.07, 6.45) is 0. The van der Waals surface area contributed by atoms with Gasteiger partial charge in [-0.25, -0.2) is 4.98 Å². The Bertz CT molecular complexity index is 633.